The van der Waals surface area contributed by atoms with Gasteiger partial charge in [-0.15, -0.1) is 0 Å². The monoisotopic (exact) mass is 274 g/mol. The standard InChI is InChI=1S/C18H16N3/c1-13-6-5-7-15-14-9-10-19-12-16(14)21(18(13)15)17-8-3-4-11-20(17)2/h3-12H,1-2H3/q+1. The molecule has 0 bridgehead atoms. The third-order valence-corrected chi connectivity index (χ3v) is 4.05. The lowest BCUT2D eigenvalue weighted by atomic mass is 10.1. The van der Waals surface area contributed by atoms with E-state index in [1.54, 1.807) is 0 Å². The predicted molar refractivity (Wildman–Crippen MR) is 84.5 cm³/mol. The molecular weight excluding hydrogens is 258 g/mol. The fraction of sp³-hybridized carbons (Fsp3) is 0.111. The molecule has 0 radical (unpaired) electrons. The van der Waals surface area contributed by atoms with Crippen LogP contribution in [0.5, 0.6) is 0 Å². The number of fused-ring (bicyclic) bond motifs is 3. The van der Waals surface area contributed by atoms with Gasteiger partial charge in [0.2, 0.25) is 0 Å². The van der Waals surface area contributed by atoms with E-state index in [1.807, 2.05) is 18.5 Å². The summed E-state index contributed by atoms with van der Waals surface area (Å²) in [7, 11) is 2.07. The SMILES string of the molecule is Cc1cccc2c3ccncc3n(-c3cccc[n+]3C)c12. The van der Waals surface area contributed by atoms with E-state index in [2.05, 4.69) is 70.7 Å². The molecule has 0 N–H and O–H groups in total. The lowest BCUT2D eigenvalue weighted by Crippen LogP contribution is -2.33. The Hall–Kier alpha value is -2.68. The third kappa shape index (κ3) is 1.67. The number of para-hydroxylation sites is 1. The summed E-state index contributed by atoms with van der Waals surface area (Å²) in [5, 5.41) is 2.52. The molecule has 4 rings (SSSR count). The van der Waals surface area contributed by atoms with Gasteiger partial charge in [0.15, 0.2) is 5.52 Å². The van der Waals surface area contributed by atoms with E-state index >= 15 is 0 Å². The number of nitrogens with zero attached hydrogens (tertiary/aromatic N) is 3. The molecule has 3 heteroatoms. The molecule has 0 aliphatic carbocycles. The number of pyridine rings is 2. The zero-order valence-electron chi connectivity index (χ0n) is 12.1. The largest absolute Gasteiger partial charge is 0.286 e. The maximum Gasteiger partial charge on any atom is 0.286 e. The highest BCUT2D eigenvalue weighted by Gasteiger charge is 2.21. The van der Waals surface area contributed by atoms with Crippen LogP contribution in [-0.2, 0) is 7.05 Å². The molecule has 0 atom stereocenters. The van der Waals surface area contributed by atoms with Crippen molar-refractivity contribution in [3.05, 3.63) is 66.6 Å². The Balaban J connectivity index is 2.28. The first-order valence-electron chi connectivity index (χ1n) is 7.06. The maximum absolute atomic E-state index is 4.32. The van der Waals surface area contributed by atoms with Crippen molar-refractivity contribution < 1.29 is 4.57 Å². The fourth-order valence-corrected chi connectivity index (χ4v) is 3.07. The molecule has 0 fully saturated rings. The number of hydrogen-bond acceptors (Lipinski definition) is 1. The van der Waals surface area contributed by atoms with Crippen LogP contribution < -0.4 is 4.57 Å². The molecule has 102 valence electrons. The van der Waals surface area contributed by atoms with Gasteiger partial charge in [-0.2, -0.15) is 4.57 Å². The molecule has 1 aromatic carbocycles. The summed E-state index contributed by atoms with van der Waals surface area (Å²) >= 11 is 0. The summed E-state index contributed by atoms with van der Waals surface area (Å²) < 4.78 is 4.44. The minimum absolute atomic E-state index is 1.14. The Bertz CT molecular complexity index is 967. The van der Waals surface area contributed by atoms with Gasteiger partial charge in [-0.05, 0) is 30.7 Å². The van der Waals surface area contributed by atoms with Crippen LogP contribution in [0, 0.1) is 6.92 Å². The van der Waals surface area contributed by atoms with Gasteiger partial charge >= 0.3 is 0 Å². The number of rotatable bonds is 1. The normalized spacial score (nSPS) is 11.3. The maximum atomic E-state index is 4.32. The van der Waals surface area contributed by atoms with E-state index < -0.39 is 0 Å². The lowest BCUT2D eigenvalue weighted by Gasteiger charge is -2.04. The first-order chi connectivity index (χ1) is 10.3. The van der Waals surface area contributed by atoms with E-state index in [1.165, 1.54) is 21.9 Å². The second-order valence-corrected chi connectivity index (χ2v) is 5.37. The van der Waals surface area contributed by atoms with Crippen LogP contribution in [0.3, 0.4) is 0 Å². The topological polar surface area (TPSA) is 21.7 Å². The van der Waals surface area contributed by atoms with Gasteiger partial charge in [0.1, 0.15) is 5.52 Å². The lowest BCUT2D eigenvalue weighted by molar-refractivity contribution is -0.665. The number of benzene rings is 1. The Morgan fingerprint density at radius 1 is 1.00 bits per heavy atom. The summed E-state index contributed by atoms with van der Waals surface area (Å²) in [5.74, 6) is 1.14. The Morgan fingerprint density at radius 2 is 1.90 bits per heavy atom. The molecule has 0 saturated heterocycles. The van der Waals surface area contributed by atoms with E-state index in [0.717, 1.165) is 11.3 Å². The van der Waals surface area contributed by atoms with Crippen molar-refractivity contribution in [3.63, 3.8) is 0 Å². The van der Waals surface area contributed by atoms with Crippen molar-refractivity contribution in [2.45, 2.75) is 6.92 Å². The van der Waals surface area contributed by atoms with Gasteiger partial charge in [0.05, 0.1) is 19.4 Å². The minimum atomic E-state index is 1.14. The molecule has 0 saturated carbocycles. The molecular formula is C18H16N3+. The highest BCUT2D eigenvalue weighted by Crippen LogP contribution is 2.32. The predicted octanol–water partition coefficient (Wildman–Crippen LogP) is 3.31. The summed E-state index contributed by atoms with van der Waals surface area (Å²) in [6.07, 6.45) is 5.88. The molecule has 4 aromatic rings. The third-order valence-electron chi connectivity index (χ3n) is 4.05. The second kappa shape index (κ2) is 4.42. The number of aromatic nitrogens is 3. The second-order valence-electron chi connectivity index (χ2n) is 5.37. The first-order valence-corrected chi connectivity index (χ1v) is 7.06. The van der Waals surface area contributed by atoms with E-state index in [4.69, 9.17) is 0 Å². The molecule has 3 nitrogen and oxygen atoms in total. The Kier molecular flexibility index (Phi) is 2.54. The van der Waals surface area contributed by atoms with Crippen LogP contribution in [0.2, 0.25) is 0 Å². The molecule has 3 heterocycles. The molecule has 0 spiro atoms. The van der Waals surface area contributed by atoms with Crippen LogP contribution in [0.4, 0.5) is 0 Å². The van der Waals surface area contributed by atoms with Crippen LogP contribution in [0.25, 0.3) is 27.6 Å². The minimum Gasteiger partial charge on any atom is -0.260 e. The zero-order chi connectivity index (χ0) is 14.4. The van der Waals surface area contributed by atoms with Crippen LogP contribution in [0.1, 0.15) is 5.56 Å². The first kappa shape index (κ1) is 12.1. The summed E-state index contributed by atoms with van der Waals surface area (Å²) in [6, 6.07) is 14.8. The smallest absolute Gasteiger partial charge is 0.260 e. The Morgan fingerprint density at radius 3 is 2.76 bits per heavy atom. The van der Waals surface area contributed by atoms with Crippen molar-refractivity contribution >= 4 is 21.8 Å². The fourth-order valence-electron chi connectivity index (χ4n) is 3.07. The average Bonchev–Trinajstić information content (AvgIpc) is 2.84. The van der Waals surface area contributed by atoms with Crippen LogP contribution in [0.15, 0.2) is 61.1 Å². The summed E-state index contributed by atoms with van der Waals surface area (Å²) in [4.78, 5) is 4.32. The van der Waals surface area contributed by atoms with Crippen LogP contribution in [-0.4, -0.2) is 9.55 Å². The van der Waals surface area contributed by atoms with Crippen molar-refractivity contribution in [2.75, 3.05) is 0 Å². The van der Waals surface area contributed by atoms with E-state index in [9.17, 15) is 0 Å². The highest BCUT2D eigenvalue weighted by atomic mass is 15.1. The van der Waals surface area contributed by atoms with Gasteiger partial charge in [-0.25, -0.2) is 4.57 Å². The quantitative estimate of drug-likeness (QED) is 0.488. The van der Waals surface area contributed by atoms with Gasteiger partial charge in [-0.3, -0.25) is 4.98 Å². The van der Waals surface area contributed by atoms with E-state index in [-0.39, 0.29) is 0 Å². The number of aryl methyl sites for hydroxylation is 2. The molecule has 0 unspecified atom stereocenters. The van der Waals surface area contributed by atoms with Crippen LogP contribution >= 0.6 is 0 Å². The molecule has 0 aliphatic rings. The molecule has 21 heavy (non-hydrogen) atoms. The average molecular weight is 274 g/mol. The zero-order valence-corrected chi connectivity index (χ0v) is 12.1. The van der Waals surface area contributed by atoms with Gasteiger partial charge < -0.3 is 0 Å². The highest BCUT2D eigenvalue weighted by molar-refractivity contribution is 6.09. The molecule has 3 aromatic heterocycles. The van der Waals surface area contributed by atoms with Gasteiger partial charge in [0, 0.05) is 23.0 Å². The van der Waals surface area contributed by atoms with Crippen molar-refractivity contribution in [3.8, 4) is 5.82 Å². The van der Waals surface area contributed by atoms with Crippen molar-refractivity contribution in [1.29, 1.82) is 0 Å². The Labute approximate surface area is 123 Å². The van der Waals surface area contributed by atoms with E-state index in [0.29, 0.717) is 0 Å². The van der Waals surface area contributed by atoms with Gasteiger partial charge in [0.25, 0.3) is 5.82 Å². The molecule has 0 aliphatic heterocycles. The van der Waals surface area contributed by atoms with Gasteiger partial charge in [-0.1, -0.05) is 18.2 Å². The van der Waals surface area contributed by atoms with Crippen molar-refractivity contribution in [2.24, 2.45) is 7.05 Å². The summed E-state index contributed by atoms with van der Waals surface area (Å²) in [5.41, 5.74) is 3.67. The summed E-state index contributed by atoms with van der Waals surface area (Å²) in [6.45, 7) is 2.16. The van der Waals surface area contributed by atoms with Crippen molar-refractivity contribution in [1.82, 2.24) is 9.55 Å². The molecule has 0 amide bonds. The number of hydrogen-bond donors (Lipinski definition) is 0.